The third-order valence-corrected chi connectivity index (χ3v) is 4.47. The van der Waals surface area contributed by atoms with Crippen LogP contribution in [-0.4, -0.2) is 27.4 Å². The number of carbonyl (C=O) groups is 1. The van der Waals surface area contributed by atoms with Crippen molar-refractivity contribution in [3.8, 4) is 0 Å². The molecule has 88 valence electrons. The average molecular weight is 304 g/mol. The van der Waals surface area contributed by atoms with E-state index in [1.54, 1.807) is 5.38 Å². The number of alkyl halides is 1. The Bertz CT molecular complexity index is 344. The third kappa shape index (κ3) is 2.79. The van der Waals surface area contributed by atoms with Crippen molar-refractivity contribution in [3.05, 3.63) is 11.1 Å². The molecule has 1 saturated carbocycles. The van der Waals surface area contributed by atoms with Gasteiger partial charge in [-0.1, -0.05) is 26.8 Å². The second-order valence-electron chi connectivity index (χ2n) is 4.11. The van der Waals surface area contributed by atoms with Gasteiger partial charge in [0.15, 0.2) is 5.69 Å². The summed E-state index contributed by atoms with van der Waals surface area (Å²) in [5.74, 6) is 1.21. The van der Waals surface area contributed by atoms with Gasteiger partial charge in [-0.15, -0.1) is 5.10 Å². The van der Waals surface area contributed by atoms with E-state index in [1.165, 1.54) is 30.8 Å². The fraction of sp³-hybridized carbons (Fsp3) is 0.700. The van der Waals surface area contributed by atoms with Crippen LogP contribution < -0.4 is 5.32 Å². The van der Waals surface area contributed by atoms with Crippen molar-refractivity contribution in [2.24, 2.45) is 11.8 Å². The summed E-state index contributed by atoms with van der Waals surface area (Å²) in [4.78, 5) is 11.6. The van der Waals surface area contributed by atoms with Crippen LogP contribution in [0, 0.1) is 11.8 Å². The first-order valence-corrected chi connectivity index (χ1v) is 7.38. The molecule has 1 fully saturated rings. The Morgan fingerprint density at radius 1 is 1.56 bits per heavy atom. The monoisotopic (exact) mass is 303 g/mol. The first-order chi connectivity index (χ1) is 7.81. The molecule has 0 spiro atoms. The molecule has 0 aliphatic heterocycles. The van der Waals surface area contributed by atoms with E-state index >= 15 is 0 Å². The molecule has 4 nitrogen and oxygen atoms in total. The van der Waals surface area contributed by atoms with E-state index in [2.05, 4.69) is 30.8 Å². The number of halogens is 1. The first kappa shape index (κ1) is 12.0. The number of aromatic nitrogens is 2. The quantitative estimate of drug-likeness (QED) is 0.867. The van der Waals surface area contributed by atoms with Gasteiger partial charge in [0.2, 0.25) is 0 Å². The lowest BCUT2D eigenvalue weighted by Gasteiger charge is -2.17. The molecule has 1 aromatic heterocycles. The highest BCUT2D eigenvalue weighted by Gasteiger charge is 2.26. The molecule has 0 radical (unpaired) electrons. The second kappa shape index (κ2) is 5.72. The lowest BCUT2D eigenvalue weighted by Crippen LogP contribution is -2.31. The van der Waals surface area contributed by atoms with E-state index in [4.69, 9.17) is 0 Å². The number of amides is 1. The predicted molar refractivity (Wildman–Crippen MR) is 66.9 cm³/mol. The van der Waals surface area contributed by atoms with Crippen LogP contribution in [0.2, 0.25) is 0 Å². The molecule has 2 rings (SSSR count). The summed E-state index contributed by atoms with van der Waals surface area (Å²) in [7, 11) is 0. The van der Waals surface area contributed by atoms with Gasteiger partial charge in [0.25, 0.3) is 5.91 Å². The van der Waals surface area contributed by atoms with Crippen LogP contribution in [0.15, 0.2) is 5.38 Å². The normalized spacial score (nSPS) is 24.6. The first-order valence-electron chi connectivity index (χ1n) is 5.42. The van der Waals surface area contributed by atoms with E-state index < -0.39 is 0 Å². The smallest absolute Gasteiger partial charge is 0.272 e. The zero-order chi connectivity index (χ0) is 11.4. The summed E-state index contributed by atoms with van der Waals surface area (Å²) in [5, 5.41) is 9.39. The van der Waals surface area contributed by atoms with Gasteiger partial charge in [0.05, 0.1) is 0 Å². The molecule has 0 bridgehead atoms. The Kier molecular flexibility index (Phi) is 4.29. The minimum atomic E-state index is -0.103. The van der Waals surface area contributed by atoms with Gasteiger partial charge in [-0.2, -0.15) is 0 Å². The molecule has 1 aliphatic rings. The van der Waals surface area contributed by atoms with Gasteiger partial charge in [0.1, 0.15) is 0 Å². The second-order valence-corrected chi connectivity index (χ2v) is 5.36. The van der Waals surface area contributed by atoms with Gasteiger partial charge in [0, 0.05) is 17.3 Å². The molecule has 1 aromatic rings. The Hall–Kier alpha value is -0.490. The Labute approximate surface area is 107 Å². The molecule has 1 amide bonds. The van der Waals surface area contributed by atoms with Crippen molar-refractivity contribution in [3.63, 3.8) is 0 Å². The van der Waals surface area contributed by atoms with E-state index in [0.717, 1.165) is 11.9 Å². The van der Waals surface area contributed by atoms with Crippen molar-refractivity contribution in [2.75, 3.05) is 11.9 Å². The molecule has 16 heavy (non-hydrogen) atoms. The highest BCUT2D eigenvalue weighted by Crippen LogP contribution is 2.32. The van der Waals surface area contributed by atoms with E-state index in [1.807, 2.05) is 0 Å². The molecule has 1 aliphatic carbocycles. The lowest BCUT2D eigenvalue weighted by atomic mass is 9.98. The van der Waals surface area contributed by atoms with Crippen LogP contribution in [0.1, 0.15) is 29.8 Å². The summed E-state index contributed by atoms with van der Waals surface area (Å²) in [6, 6.07) is 0. The van der Waals surface area contributed by atoms with E-state index in [-0.39, 0.29) is 5.91 Å². The molecule has 0 aromatic carbocycles. The minimum Gasteiger partial charge on any atom is -0.350 e. The molecule has 1 N–H and O–H groups in total. The summed E-state index contributed by atoms with van der Waals surface area (Å²) < 4.78 is 3.68. The molecule has 6 heteroatoms. The summed E-state index contributed by atoms with van der Waals surface area (Å²) >= 11 is 4.73. The zero-order valence-corrected chi connectivity index (χ0v) is 11.3. The Morgan fingerprint density at radius 2 is 2.38 bits per heavy atom. The molecular weight excluding hydrogens is 290 g/mol. The maximum Gasteiger partial charge on any atom is 0.272 e. The predicted octanol–water partition coefficient (Wildman–Crippen LogP) is 2.08. The van der Waals surface area contributed by atoms with Crippen LogP contribution >= 0.6 is 27.5 Å². The molecule has 2 atom stereocenters. The molecule has 0 saturated heterocycles. The van der Waals surface area contributed by atoms with Crippen molar-refractivity contribution in [1.82, 2.24) is 14.9 Å². The Morgan fingerprint density at radius 3 is 3.06 bits per heavy atom. The van der Waals surface area contributed by atoms with Crippen LogP contribution in [0.4, 0.5) is 0 Å². The maximum atomic E-state index is 11.6. The zero-order valence-electron chi connectivity index (χ0n) is 8.86. The van der Waals surface area contributed by atoms with Crippen molar-refractivity contribution in [2.45, 2.75) is 19.3 Å². The van der Waals surface area contributed by atoms with Crippen molar-refractivity contribution < 1.29 is 4.79 Å². The average Bonchev–Trinajstić information content (AvgIpc) is 2.96. The topological polar surface area (TPSA) is 54.9 Å². The van der Waals surface area contributed by atoms with Crippen LogP contribution in [0.3, 0.4) is 0 Å². The van der Waals surface area contributed by atoms with Crippen LogP contribution in [0.25, 0.3) is 0 Å². The summed E-state index contributed by atoms with van der Waals surface area (Å²) in [5.41, 5.74) is 0.429. The highest BCUT2D eigenvalue weighted by atomic mass is 79.9. The fourth-order valence-electron chi connectivity index (χ4n) is 2.16. The van der Waals surface area contributed by atoms with Gasteiger partial charge in [-0.3, -0.25) is 4.79 Å². The fourth-order valence-corrected chi connectivity index (χ4v) is 3.45. The van der Waals surface area contributed by atoms with E-state index in [0.29, 0.717) is 17.5 Å². The van der Waals surface area contributed by atoms with Crippen LogP contribution in [-0.2, 0) is 0 Å². The lowest BCUT2D eigenvalue weighted by molar-refractivity contribution is 0.0940. The van der Waals surface area contributed by atoms with Gasteiger partial charge >= 0.3 is 0 Å². The summed E-state index contributed by atoms with van der Waals surface area (Å²) in [6.07, 6.45) is 3.75. The maximum absolute atomic E-state index is 11.6. The number of rotatable bonds is 4. The number of hydrogen-bond donors (Lipinski definition) is 1. The van der Waals surface area contributed by atoms with E-state index in [9.17, 15) is 4.79 Å². The largest absolute Gasteiger partial charge is 0.350 e. The SMILES string of the molecule is O=C(NCC1CCCC1CBr)c1csnn1. The number of nitrogens with one attached hydrogen (secondary N) is 1. The van der Waals surface area contributed by atoms with Crippen molar-refractivity contribution in [1.29, 1.82) is 0 Å². The van der Waals surface area contributed by atoms with Crippen LogP contribution in [0.5, 0.6) is 0 Å². The number of hydrogen-bond acceptors (Lipinski definition) is 4. The van der Waals surface area contributed by atoms with Gasteiger partial charge < -0.3 is 5.32 Å². The van der Waals surface area contributed by atoms with Crippen molar-refractivity contribution >= 4 is 33.4 Å². The highest BCUT2D eigenvalue weighted by molar-refractivity contribution is 9.09. The summed E-state index contributed by atoms with van der Waals surface area (Å²) in [6.45, 7) is 0.757. The number of carbonyl (C=O) groups excluding carboxylic acids is 1. The Balaban J connectivity index is 1.81. The molecular formula is C10H14BrN3OS. The third-order valence-electron chi connectivity index (χ3n) is 3.13. The standard InChI is InChI=1S/C10H14BrN3OS/c11-4-7-2-1-3-8(7)5-12-10(15)9-6-16-14-13-9/h6-8H,1-5H2,(H,12,15). The molecule has 1 heterocycles. The minimum absolute atomic E-state index is 0.103. The molecule has 2 unspecified atom stereocenters. The number of nitrogens with zero attached hydrogens (tertiary/aromatic N) is 2. The van der Waals surface area contributed by atoms with Gasteiger partial charge in [-0.05, 0) is 36.2 Å². The van der Waals surface area contributed by atoms with Gasteiger partial charge in [-0.25, -0.2) is 0 Å².